The molecule has 0 saturated heterocycles. The lowest BCUT2D eigenvalue weighted by Gasteiger charge is -1.96. The van der Waals surface area contributed by atoms with Crippen molar-refractivity contribution in [2.24, 2.45) is 0 Å². The minimum Gasteiger partial charge on any atom is -0.463 e. The highest BCUT2D eigenvalue weighted by Crippen LogP contribution is 2.02. The first-order valence-corrected chi connectivity index (χ1v) is 5.72. The van der Waals surface area contributed by atoms with Crippen molar-refractivity contribution in [1.29, 1.82) is 0 Å². The Bertz CT molecular complexity index is 227. The van der Waals surface area contributed by atoms with Crippen molar-refractivity contribution in [3.63, 3.8) is 0 Å². The van der Waals surface area contributed by atoms with E-state index in [9.17, 15) is 4.79 Å². The summed E-state index contributed by atoms with van der Waals surface area (Å²) < 4.78 is 4.81. The molecule has 0 bridgehead atoms. The minimum atomic E-state index is -0.256. The summed E-state index contributed by atoms with van der Waals surface area (Å²) in [7, 11) is 0. The Labute approximate surface area is 93.0 Å². The normalized spacial score (nSPS) is 12.1. The molecular formula is C13H22O2. The van der Waals surface area contributed by atoms with Crippen LogP contribution in [0.3, 0.4) is 0 Å². The molecule has 0 aromatic rings. The van der Waals surface area contributed by atoms with Crippen LogP contribution < -0.4 is 0 Å². The maximum Gasteiger partial charge on any atom is 0.330 e. The smallest absolute Gasteiger partial charge is 0.330 e. The SMILES string of the molecule is CCCCCC=CC(C)=CC(=O)OCC. The monoisotopic (exact) mass is 210 g/mol. The van der Waals surface area contributed by atoms with E-state index in [1.165, 1.54) is 25.3 Å². The third-order valence-electron chi connectivity index (χ3n) is 1.99. The van der Waals surface area contributed by atoms with Gasteiger partial charge in [0.2, 0.25) is 0 Å². The molecule has 0 amide bonds. The van der Waals surface area contributed by atoms with Crippen LogP contribution in [0.5, 0.6) is 0 Å². The third-order valence-corrected chi connectivity index (χ3v) is 1.99. The zero-order chi connectivity index (χ0) is 11.5. The lowest BCUT2D eigenvalue weighted by atomic mass is 10.1. The van der Waals surface area contributed by atoms with E-state index in [0.717, 1.165) is 12.0 Å². The van der Waals surface area contributed by atoms with Gasteiger partial charge in [-0.1, -0.05) is 31.9 Å². The van der Waals surface area contributed by atoms with Crippen LogP contribution in [0.4, 0.5) is 0 Å². The van der Waals surface area contributed by atoms with Crippen molar-refractivity contribution in [2.75, 3.05) is 6.61 Å². The lowest BCUT2D eigenvalue weighted by Crippen LogP contribution is -1.99. The maximum absolute atomic E-state index is 11.1. The molecule has 86 valence electrons. The molecule has 0 N–H and O–H groups in total. The first kappa shape index (κ1) is 13.9. The number of rotatable bonds is 7. The molecule has 0 aromatic heterocycles. The number of unbranched alkanes of at least 4 members (excludes halogenated alkanes) is 3. The van der Waals surface area contributed by atoms with Crippen LogP contribution in [0.1, 0.15) is 46.5 Å². The molecule has 2 heteroatoms. The summed E-state index contributed by atoms with van der Waals surface area (Å²) in [5.74, 6) is -0.256. The van der Waals surface area contributed by atoms with Gasteiger partial charge in [-0.05, 0) is 32.3 Å². The number of carbonyl (C=O) groups is 1. The summed E-state index contributed by atoms with van der Waals surface area (Å²) in [6, 6.07) is 0. The van der Waals surface area contributed by atoms with Crippen LogP contribution in [0, 0.1) is 0 Å². The van der Waals surface area contributed by atoms with Crippen LogP contribution in [-0.4, -0.2) is 12.6 Å². The molecule has 0 unspecified atom stereocenters. The number of allylic oxidation sites excluding steroid dienone is 3. The predicted octanol–water partition coefficient (Wildman–Crippen LogP) is 3.63. The van der Waals surface area contributed by atoms with Gasteiger partial charge in [0.1, 0.15) is 0 Å². The van der Waals surface area contributed by atoms with E-state index in [-0.39, 0.29) is 5.97 Å². The highest BCUT2D eigenvalue weighted by molar-refractivity contribution is 5.83. The summed E-state index contributed by atoms with van der Waals surface area (Å²) in [6.45, 7) is 6.34. The Morgan fingerprint density at radius 3 is 2.60 bits per heavy atom. The average molecular weight is 210 g/mol. The van der Waals surface area contributed by atoms with E-state index in [0.29, 0.717) is 6.61 Å². The zero-order valence-corrected chi connectivity index (χ0v) is 10.1. The van der Waals surface area contributed by atoms with Crippen LogP contribution >= 0.6 is 0 Å². The molecule has 2 nitrogen and oxygen atoms in total. The van der Waals surface area contributed by atoms with Gasteiger partial charge < -0.3 is 4.74 Å². The largest absolute Gasteiger partial charge is 0.463 e. The average Bonchev–Trinajstić information content (AvgIpc) is 2.17. The second kappa shape index (κ2) is 9.50. The van der Waals surface area contributed by atoms with E-state index in [4.69, 9.17) is 4.74 Å². The molecule has 0 atom stereocenters. The molecule has 15 heavy (non-hydrogen) atoms. The van der Waals surface area contributed by atoms with Gasteiger partial charge in [0.25, 0.3) is 0 Å². The summed E-state index contributed by atoms with van der Waals surface area (Å²) in [6.07, 6.45) is 10.4. The van der Waals surface area contributed by atoms with Gasteiger partial charge in [0, 0.05) is 6.08 Å². The van der Waals surface area contributed by atoms with Gasteiger partial charge >= 0.3 is 5.97 Å². The van der Waals surface area contributed by atoms with Crippen molar-refractivity contribution < 1.29 is 9.53 Å². The van der Waals surface area contributed by atoms with Crippen LogP contribution in [0.15, 0.2) is 23.8 Å². The second-order valence-electron chi connectivity index (χ2n) is 3.54. The van der Waals surface area contributed by atoms with E-state index < -0.39 is 0 Å². The van der Waals surface area contributed by atoms with E-state index in [2.05, 4.69) is 13.0 Å². The number of hydrogen-bond acceptors (Lipinski definition) is 2. The molecular weight excluding hydrogens is 188 g/mol. The first-order valence-electron chi connectivity index (χ1n) is 5.72. The van der Waals surface area contributed by atoms with Gasteiger partial charge in [0.05, 0.1) is 6.61 Å². The minimum absolute atomic E-state index is 0.256. The summed E-state index contributed by atoms with van der Waals surface area (Å²) in [5.41, 5.74) is 0.949. The molecule has 0 rings (SSSR count). The van der Waals surface area contributed by atoms with Gasteiger partial charge in [-0.2, -0.15) is 0 Å². The molecule has 0 radical (unpaired) electrons. The highest BCUT2D eigenvalue weighted by Gasteiger charge is 1.94. The maximum atomic E-state index is 11.1. The third kappa shape index (κ3) is 9.26. The number of ether oxygens (including phenoxy) is 1. The number of esters is 1. The Balaban J connectivity index is 3.79. The fourth-order valence-electron chi connectivity index (χ4n) is 1.20. The molecule has 0 fully saturated rings. The number of carbonyl (C=O) groups excluding carboxylic acids is 1. The van der Waals surface area contributed by atoms with Gasteiger partial charge in [0.15, 0.2) is 0 Å². The molecule has 0 aromatic carbocycles. The van der Waals surface area contributed by atoms with Crippen LogP contribution in [0.2, 0.25) is 0 Å². The van der Waals surface area contributed by atoms with Gasteiger partial charge in [-0.15, -0.1) is 0 Å². The second-order valence-corrected chi connectivity index (χ2v) is 3.54. The van der Waals surface area contributed by atoms with Crippen LogP contribution in [0.25, 0.3) is 0 Å². The van der Waals surface area contributed by atoms with Crippen molar-refractivity contribution in [3.05, 3.63) is 23.8 Å². The van der Waals surface area contributed by atoms with Crippen molar-refractivity contribution in [2.45, 2.75) is 46.5 Å². The van der Waals surface area contributed by atoms with Gasteiger partial charge in [-0.3, -0.25) is 0 Å². The Morgan fingerprint density at radius 2 is 2.00 bits per heavy atom. The first-order chi connectivity index (χ1) is 7.20. The summed E-state index contributed by atoms with van der Waals surface area (Å²) >= 11 is 0. The van der Waals surface area contributed by atoms with Crippen LogP contribution in [-0.2, 0) is 9.53 Å². The lowest BCUT2D eigenvalue weighted by molar-refractivity contribution is -0.137. The summed E-state index contributed by atoms with van der Waals surface area (Å²) in [5, 5.41) is 0. The Hall–Kier alpha value is -1.05. The topological polar surface area (TPSA) is 26.3 Å². The standard InChI is InChI=1S/C13H22O2/c1-4-6-7-8-9-10-12(3)11-13(14)15-5-2/h9-11H,4-8H2,1-3H3. The van der Waals surface area contributed by atoms with Crippen molar-refractivity contribution in [3.8, 4) is 0 Å². The molecule has 0 aliphatic heterocycles. The molecule has 0 aliphatic rings. The quantitative estimate of drug-likeness (QED) is 0.277. The van der Waals surface area contributed by atoms with E-state index >= 15 is 0 Å². The molecule has 0 saturated carbocycles. The van der Waals surface area contributed by atoms with E-state index in [1.54, 1.807) is 0 Å². The fraction of sp³-hybridized carbons (Fsp3) is 0.615. The van der Waals surface area contributed by atoms with Crippen molar-refractivity contribution in [1.82, 2.24) is 0 Å². The molecule has 0 spiro atoms. The molecule has 0 aliphatic carbocycles. The summed E-state index contributed by atoms with van der Waals surface area (Å²) in [4.78, 5) is 11.1. The molecule has 0 heterocycles. The zero-order valence-electron chi connectivity index (χ0n) is 10.1. The van der Waals surface area contributed by atoms with Crippen molar-refractivity contribution >= 4 is 5.97 Å². The predicted molar refractivity (Wildman–Crippen MR) is 63.7 cm³/mol. The van der Waals surface area contributed by atoms with Gasteiger partial charge in [-0.25, -0.2) is 4.79 Å². The number of hydrogen-bond donors (Lipinski definition) is 0. The fourth-order valence-corrected chi connectivity index (χ4v) is 1.20. The Kier molecular flexibility index (Phi) is 8.84. The highest BCUT2D eigenvalue weighted by atomic mass is 16.5. The Morgan fingerprint density at radius 1 is 1.27 bits per heavy atom. The van der Waals surface area contributed by atoms with E-state index in [1.807, 2.05) is 19.9 Å².